The van der Waals surface area contributed by atoms with Gasteiger partial charge in [-0.3, -0.25) is 0 Å². The van der Waals surface area contributed by atoms with Crippen LogP contribution in [0, 0.1) is 10.8 Å². The van der Waals surface area contributed by atoms with Crippen LogP contribution in [0.2, 0.25) is 0 Å². The van der Waals surface area contributed by atoms with Gasteiger partial charge in [0.2, 0.25) is 0 Å². The summed E-state index contributed by atoms with van der Waals surface area (Å²) in [6, 6.07) is 0. The normalized spacial score (nSPS) is 26.4. The Kier molecular flexibility index (Phi) is 2.41. The summed E-state index contributed by atoms with van der Waals surface area (Å²) >= 11 is 0. The number of rotatable bonds is 2. The Balaban J connectivity index is 3.20. The fraction of sp³-hybridized carbons (Fsp3) is 0.917. The molecule has 2 N–H and O–H groups in total. The van der Waals surface area contributed by atoms with E-state index in [9.17, 15) is 9.90 Å². The largest absolute Gasteiger partial charge is 0.465 e. The molecule has 1 fully saturated rings. The van der Waals surface area contributed by atoms with Crippen molar-refractivity contribution in [3.05, 3.63) is 0 Å². The molecule has 0 aromatic carbocycles. The Morgan fingerprint density at radius 1 is 1.44 bits per heavy atom. The highest BCUT2D eigenvalue weighted by atomic mass is 16.4. The van der Waals surface area contributed by atoms with Gasteiger partial charge in [0.05, 0.1) is 2.74 Å². The van der Waals surface area contributed by atoms with Gasteiger partial charge in [0, 0.05) is 22.4 Å². The Hall–Kier alpha value is -0.770. The maximum absolute atomic E-state index is 11.0. The van der Waals surface area contributed by atoms with Crippen LogP contribution in [0.25, 0.3) is 0 Å². The molecule has 1 amide bonds. The molecule has 0 unspecified atom stereocenters. The molecule has 0 spiro atoms. The van der Waals surface area contributed by atoms with Crippen molar-refractivity contribution in [3.8, 4) is 0 Å². The number of piperidine rings is 1. The summed E-state index contributed by atoms with van der Waals surface area (Å²) in [5, 5.41) is 18.6. The predicted octanol–water partition coefficient (Wildman–Crippen LogP) is 2.18. The summed E-state index contributed by atoms with van der Waals surface area (Å²) in [5.41, 5.74) is -1.75. The van der Waals surface area contributed by atoms with Crippen molar-refractivity contribution in [1.29, 1.82) is 0 Å². The maximum Gasteiger partial charge on any atom is 0.407 e. The Morgan fingerprint density at radius 2 is 1.94 bits per heavy atom. The van der Waals surface area contributed by atoms with Crippen LogP contribution in [0.4, 0.5) is 4.79 Å². The fourth-order valence-electron chi connectivity index (χ4n) is 2.25. The van der Waals surface area contributed by atoms with Gasteiger partial charge in [-0.1, -0.05) is 20.8 Å². The lowest BCUT2D eigenvalue weighted by atomic mass is 9.60. The average molecular weight is 233 g/mol. The highest BCUT2D eigenvalue weighted by molar-refractivity contribution is 5.65. The van der Waals surface area contributed by atoms with Crippen molar-refractivity contribution in [2.24, 2.45) is 10.8 Å². The predicted molar refractivity (Wildman–Crippen MR) is 62.4 cm³/mol. The number of hydrogen-bond donors (Lipinski definition) is 2. The van der Waals surface area contributed by atoms with Crippen LogP contribution in [-0.4, -0.2) is 40.9 Å². The lowest BCUT2D eigenvalue weighted by Gasteiger charge is -2.49. The quantitative estimate of drug-likeness (QED) is 0.768. The van der Waals surface area contributed by atoms with Gasteiger partial charge in [0.15, 0.2) is 0 Å². The summed E-state index contributed by atoms with van der Waals surface area (Å²) in [6.07, 6.45) is -3.17. The Labute approximate surface area is 103 Å². The molecule has 1 aliphatic rings. The number of aliphatic hydroxyl groups is 1. The van der Waals surface area contributed by atoms with E-state index in [2.05, 4.69) is 0 Å². The molecule has 1 rings (SSSR count). The highest BCUT2D eigenvalue weighted by Gasteiger charge is 2.44. The van der Waals surface area contributed by atoms with Gasteiger partial charge in [-0.15, -0.1) is 0 Å². The zero-order chi connectivity index (χ0) is 16.0. The van der Waals surface area contributed by atoms with Crippen LogP contribution in [0.15, 0.2) is 0 Å². The van der Waals surface area contributed by atoms with Crippen molar-refractivity contribution in [3.63, 3.8) is 0 Å². The minimum atomic E-state index is -2.98. The molecule has 94 valence electrons. The molecule has 0 atom stereocenters. The third-order valence-electron chi connectivity index (χ3n) is 3.62. The molecule has 0 saturated carbocycles. The molecule has 1 heterocycles. The molecule has 4 nitrogen and oxygen atoms in total. The number of amides is 1. The van der Waals surface area contributed by atoms with E-state index in [0.717, 1.165) is 0 Å². The summed E-state index contributed by atoms with van der Waals surface area (Å²) in [7, 11) is 0. The number of nitrogens with zero attached hydrogens (tertiary/aromatic N) is 1. The lowest BCUT2D eigenvalue weighted by molar-refractivity contribution is -0.00995. The second-order valence-electron chi connectivity index (χ2n) is 5.34. The highest BCUT2D eigenvalue weighted by Crippen LogP contribution is 2.49. The van der Waals surface area contributed by atoms with Crippen molar-refractivity contribution >= 4 is 6.09 Å². The van der Waals surface area contributed by atoms with Gasteiger partial charge in [-0.05, 0) is 30.0 Å². The van der Waals surface area contributed by atoms with Crippen molar-refractivity contribution in [2.75, 3.05) is 19.6 Å². The molecule has 0 aromatic rings. The number of hydrogen-bond acceptors (Lipinski definition) is 2. The van der Waals surface area contributed by atoms with Crippen LogP contribution >= 0.6 is 0 Å². The molecular formula is C12H23NO3. The van der Waals surface area contributed by atoms with Crippen LogP contribution in [0.5, 0.6) is 0 Å². The number of carboxylic acid groups (broad SMARTS) is 1. The topological polar surface area (TPSA) is 60.8 Å². The van der Waals surface area contributed by atoms with E-state index in [1.807, 2.05) is 0 Å². The molecule has 0 bridgehead atoms. The van der Waals surface area contributed by atoms with Gasteiger partial charge in [-0.25, -0.2) is 4.79 Å². The van der Waals surface area contributed by atoms with E-state index in [1.54, 1.807) is 20.8 Å². The van der Waals surface area contributed by atoms with E-state index in [0.29, 0.717) is 0 Å². The first kappa shape index (κ1) is 8.34. The summed E-state index contributed by atoms with van der Waals surface area (Å²) < 4.78 is 31.1. The van der Waals surface area contributed by atoms with E-state index in [-0.39, 0.29) is 25.9 Å². The van der Waals surface area contributed by atoms with Crippen molar-refractivity contribution in [1.82, 2.24) is 4.90 Å². The van der Waals surface area contributed by atoms with Crippen LogP contribution < -0.4 is 0 Å². The smallest absolute Gasteiger partial charge is 0.407 e. The molecule has 1 saturated heterocycles. The lowest BCUT2D eigenvalue weighted by Crippen LogP contribution is -2.48. The zero-order valence-corrected chi connectivity index (χ0v) is 10.1. The van der Waals surface area contributed by atoms with Crippen LogP contribution in [-0.2, 0) is 0 Å². The molecule has 0 aliphatic carbocycles. The minimum Gasteiger partial charge on any atom is -0.465 e. The van der Waals surface area contributed by atoms with Gasteiger partial charge in [0.25, 0.3) is 0 Å². The van der Waals surface area contributed by atoms with Crippen LogP contribution in [0.1, 0.15) is 45.5 Å². The average Bonchev–Trinajstić information content (AvgIpc) is 2.25. The van der Waals surface area contributed by atoms with Crippen LogP contribution in [0.3, 0.4) is 0 Å². The van der Waals surface area contributed by atoms with Gasteiger partial charge < -0.3 is 15.1 Å². The summed E-state index contributed by atoms with van der Waals surface area (Å²) in [4.78, 5) is 12.2. The van der Waals surface area contributed by atoms with Gasteiger partial charge in [-0.2, -0.15) is 0 Å². The molecule has 1 aliphatic heterocycles. The van der Waals surface area contributed by atoms with Crippen molar-refractivity contribution in [2.45, 2.75) is 40.0 Å². The second-order valence-corrected chi connectivity index (χ2v) is 5.34. The van der Waals surface area contributed by atoms with E-state index >= 15 is 0 Å². The summed E-state index contributed by atoms with van der Waals surface area (Å²) in [5.74, 6) is 0. The molecular weight excluding hydrogens is 206 g/mol. The monoisotopic (exact) mass is 233 g/mol. The molecule has 16 heavy (non-hydrogen) atoms. The third kappa shape index (κ3) is 2.48. The van der Waals surface area contributed by atoms with Crippen molar-refractivity contribution < 1.29 is 20.5 Å². The zero-order valence-electron chi connectivity index (χ0n) is 14.1. The SMILES string of the molecule is [2H]C([2H])(O)C([2H])([2H])C1(C(C)(C)C)CCN(C(=O)O)CC1. The van der Waals surface area contributed by atoms with E-state index in [1.165, 1.54) is 4.90 Å². The Morgan fingerprint density at radius 3 is 2.25 bits per heavy atom. The van der Waals surface area contributed by atoms with Gasteiger partial charge in [0.1, 0.15) is 0 Å². The number of carbonyl (C=O) groups is 1. The third-order valence-corrected chi connectivity index (χ3v) is 3.62. The standard InChI is InChI=1S/C12H23NO3/c1-11(2,3)12(6-9-14)4-7-13(8-5-12)10(15)16/h14H,4-9H2,1-3H3,(H,15,16)/i6D2,9D2. The molecule has 0 aromatic heterocycles. The minimum absolute atomic E-state index is 0.141. The van der Waals surface area contributed by atoms with E-state index in [4.69, 9.17) is 10.6 Å². The van der Waals surface area contributed by atoms with Gasteiger partial charge >= 0.3 is 6.09 Å². The first-order valence-electron chi connectivity index (χ1n) is 7.46. The summed E-state index contributed by atoms with van der Waals surface area (Å²) in [6.45, 7) is 2.70. The first-order valence-corrected chi connectivity index (χ1v) is 5.46. The maximum atomic E-state index is 11.0. The van der Waals surface area contributed by atoms with E-state index < -0.39 is 29.9 Å². The fourth-order valence-corrected chi connectivity index (χ4v) is 2.25. The second kappa shape index (κ2) is 4.62. The number of likely N-dealkylation sites (tertiary alicyclic amines) is 1. The molecule has 4 heteroatoms. The molecule has 0 radical (unpaired) electrons. The first-order chi connectivity index (χ1) is 8.76. The Bertz CT molecular complexity index is 379.